The number of rotatable bonds is 4. The van der Waals surface area contributed by atoms with Crippen LogP contribution in [0.2, 0.25) is 0 Å². The van der Waals surface area contributed by atoms with Crippen molar-refractivity contribution in [3.05, 3.63) is 18.2 Å². The highest BCUT2D eigenvalue weighted by Crippen LogP contribution is 2.19. The predicted molar refractivity (Wildman–Crippen MR) is 61.6 cm³/mol. The molecule has 3 N–H and O–H groups in total. The molecule has 4 heteroatoms. The molecule has 1 rings (SSSR count). The molecule has 0 aliphatic carbocycles. The fourth-order valence-corrected chi connectivity index (χ4v) is 1.04. The molecule has 0 atom stereocenters. The summed E-state index contributed by atoms with van der Waals surface area (Å²) in [6.07, 6.45) is 0.995. The Morgan fingerprint density at radius 1 is 1.40 bits per heavy atom. The third kappa shape index (κ3) is 4.65. The molecule has 0 fully saturated rings. The van der Waals surface area contributed by atoms with Crippen LogP contribution in [0.25, 0.3) is 0 Å². The van der Waals surface area contributed by atoms with E-state index in [-0.39, 0.29) is 5.41 Å². The third-order valence-electron chi connectivity index (χ3n) is 1.97. The number of anilines is 1. The molecule has 0 spiro atoms. The van der Waals surface area contributed by atoms with Crippen molar-refractivity contribution in [2.45, 2.75) is 27.2 Å². The van der Waals surface area contributed by atoms with E-state index in [0.29, 0.717) is 18.3 Å². The molecule has 84 valence electrons. The van der Waals surface area contributed by atoms with Gasteiger partial charge in [0.1, 0.15) is 5.82 Å². The highest BCUT2D eigenvalue weighted by molar-refractivity contribution is 5.35. The lowest BCUT2D eigenvalue weighted by molar-refractivity contribution is 0.236. The van der Waals surface area contributed by atoms with E-state index in [9.17, 15) is 0 Å². The van der Waals surface area contributed by atoms with Gasteiger partial charge < -0.3 is 10.2 Å². The highest BCUT2D eigenvalue weighted by atomic mass is 16.5. The maximum Gasteiger partial charge on any atom is 0.215 e. The molecule has 0 radical (unpaired) electrons. The number of nitrogens with two attached hydrogens (primary N) is 1. The fraction of sp³-hybridized carbons (Fsp3) is 0.545. The van der Waals surface area contributed by atoms with Crippen LogP contribution >= 0.6 is 0 Å². The molecule has 0 saturated heterocycles. The SMILES string of the molecule is CC(C)(C)CCOc1cccc(NN)n1. The van der Waals surface area contributed by atoms with E-state index in [1.165, 1.54) is 0 Å². The van der Waals surface area contributed by atoms with Crippen LogP contribution in [0.5, 0.6) is 5.88 Å². The molecule has 0 aliphatic heterocycles. The van der Waals surface area contributed by atoms with Crippen LogP contribution in [-0.2, 0) is 0 Å². The Morgan fingerprint density at radius 2 is 2.13 bits per heavy atom. The zero-order valence-electron chi connectivity index (χ0n) is 9.58. The summed E-state index contributed by atoms with van der Waals surface area (Å²) in [7, 11) is 0. The Kier molecular flexibility index (Phi) is 3.91. The van der Waals surface area contributed by atoms with Gasteiger partial charge in [-0.15, -0.1) is 0 Å². The molecule has 1 aromatic heterocycles. The van der Waals surface area contributed by atoms with E-state index in [1.54, 1.807) is 6.07 Å². The van der Waals surface area contributed by atoms with Gasteiger partial charge in [-0.2, -0.15) is 4.98 Å². The minimum atomic E-state index is 0.281. The minimum absolute atomic E-state index is 0.281. The average Bonchev–Trinajstić information content (AvgIpc) is 2.16. The van der Waals surface area contributed by atoms with E-state index >= 15 is 0 Å². The van der Waals surface area contributed by atoms with Gasteiger partial charge in [0, 0.05) is 6.07 Å². The lowest BCUT2D eigenvalue weighted by atomic mass is 9.93. The number of pyridine rings is 1. The first-order valence-electron chi connectivity index (χ1n) is 5.08. The van der Waals surface area contributed by atoms with Gasteiger partial charge in [0.15, 0.2) is 0 Å². The smallest absolute Gasteiger partial charge is 0.215 e. The summed E-state index contributed by atoms with van der Waals surface area (Å²) < 4.78 is 5.52. The number of hydrogen-bond donors (Lipinski definition) is 2. The molecule has 0 unspecified atom stereocenters. The zero-order chi connectivity index (χ0) is 11.3. The summed E-state index contributed by atoms with van der Waals surface area (Å²) in [5, 5.41) is 0. The van der Waals surface area contributed by atoms with E-state index in [1.807, 2.05) is 12.1 Å². The predicted octanol–water partition coefficient (Wildman–Crippen LogP) is 2.18. The van der Waals surface area contributed by atoms with Crippen LogP contribution in [0.1, 0.15) is 27.2 Å². The fourth-order valence-electron chi connectivity index (χ4n) is 1.04. The van der Waals surface area contributed by atoms with E-state index in [0.717, 1.165) is 6.42 Å². The second-order valence-corrected chi connectivity index (χ2v) is 4.66. The Bertz CT molecular complexity index is 307. The molecule has 0 amide bonds. The number of nitrogens with zero attached hydrogens (tertiary/aromatic N) is 1. The van der Waals surface area contributed by atoms with Crippen LogP contribution in [0.15, 0.2) is 18.2 Å². The van der Waals surface area contributed by atoms with Gasteiger partial charge in [-0.1, -0.05) is 26.8 Å². The van der Waals surface area contributed by atoms with Crippen molar-refractivity contribution in [3.63, 3.8) is 0 Å². The third-order valence-corrected chi connectivity index (χ3v) is 1.97. The molecule has 4 nitrogen and oxygen atoms in total. The summed E-state index contributed by atoms with van der Waals surface area (Å²) in [6.45, 7) is 7.22. The number of hydrazine groups is 1. The van der Waals surface area contributed by atoms with Crippen molar-refractivity contribution >= 4 is 5.82 Å². The Morgan fingerprint density at radius 3 is 2.73 bits per heavy atom. The first-order chi connectivity index (χ1) is 7.01. The molecule has 0 saturated carbocycles. The van der Waals surface area contributed by atoms with Crippen LogP contribution in [0.3, 0.4) is 0 Å². The number of ether oxygens (including phenoxy) is 1. The number of hydrogen-bond acceptors (Lipinski definition) is 4. The Labute approximate surface area is 90.8 Å². The van der Waals surface area contributed by atoms with Gasteiger partial charge in [-0.05, 0) is 17.9 Å². The summed E-state index contributed by atoms with van der Waals surface area (Å²) in [5.41, 5.74) is 2.76. The highest BCUT2D eigenvalue weighted by Gasteiger charge is 2.10. The van der Waals surface area contributed by atoms with Crippen molar-refractivity contribution in [3.8, 4) is 5.88 Å². The van der Waals surface area contributed by atoms with Crippen LogP contribution in [0, 0.1) is 5.41 Å². The van der Waals surface area contributed by atoms with Crippen LogP contribution < -0.4 is 16.0 Å². The summed E-state index contributed by atoms with van der Waals surface area (Å²) >= 11 is 0. The maximum atomic E-state index is 5.52. The van der Waals surface area contributed by atoms with Gasteiger partial charge in [0.2, 0.25) is 5.88 Å². The van der Waals surface area contributed by atoms with Gasteiger partial charge in [0.05, 0.1) is 6.61 Å². The Balaban J connectivity index is 2.44. The van der Waals surface area contributed by atoms with E-state index in [4.69, 9.17) is 10.6 Å². The molecule has 1 heterocycles. The normalized spacial score (nSPS) is 11.2. The first kappa shape index (κ1) is 11.8. The summed E-state index contributed by atoms with van der Waals surface area (Å²) in [6, 6.07) is 5.47. The largest absolute Gasteiger partial charge is 0.478 e. The van der Waals surface area contributed by atoms with Gasteiger partial charge in [0.25, 0.3) is 0 Å². The summed E-state index contributed by atoms with van der Waals surface area (Å²) in [5.74, 6) is 6.47. The topological polar surface area (TPSA) is 60.2 Å². The van der Waals surface area contributed by atoms with E-state index in [2.05, 4.69) is 31.2 Å². The quantitative estimate of drug-likeness (QED) is 0.589. The van der Waals surface area contributed by atoms with Crippen LogP contribution in [0.4, 0.5) is 5.82 Å². The molecular weight excluding hydrogens is 190 g/mol. The van der Waals surface area contributed by atoms with Crippen molar-refractivity contribution in [2.75, 3.05) is 12.0 Å². The van der Waals surface area contributed by atoms with Gasteiger partial charge >= 0.3 is 0 Å². The number of nitrogens with one attached hydrogen (secondary N) is 1. The second kappa shape index (κ2) is 4.98. The lowest BCUT2D eigenvalue weighted by Crippen LogP contribution is -2.12. The lowest BCUT2D eigenvalue weighted by Gasteiger charge is -2.17. The van der Waals surface area contributed by atoms with Gasteiger partial charge in [-0.25, -0.2) is 5.84 Å². The second-order valence-electron chi connectivity index (χ2n) is 4.66. The maximum absolute atomic E-state index is 5.52. The first-order valence-corrected chi connectivity index (χ1v) is 5.08. The minimum Gasteiger partial charge on any atom is -0.478 e. The van der Waals surface area contributed by atoms with Gasteiger partial charge in [-0.3, -0.25) is 0 Å². The average molecular weight is 209 g/mol. The number of nitrogen functional groups attached to an aromatic ring is 1. The molecule has 0 bridgehead atoms. The molecular formula is C11H19N3O. The molecule has 0 aromatic carbocycles. The van der Waals surface area contributed by atoms with Crippen molar-refractivity contribution in [1.82, 2.24) is 4.98 Å². The molecule has 1 aromatic rings. The van der Waals surface area contributed by atoms with Crippen molar-refractivity contribution < 1.29 is 4.74 Å². The van der Waals surface area contributed by atoms with Crippen molar-refractivity contribution in [2.24, 2.45) is 11.3 Å². The summed E-state index contributed by atoms with van der Waals surface area (Å²) in [4.78, 5) is 4.15. The van der Waals surface area contributed by atoms with Crippen molar-refractivity contribution in [1.29, 1.82) is 0 Å². The van der Waals surface area contributed by atoms with E-state index < -0.39 is 0 Å². The standard InChI is InChI=1S/C11H19N3O/c1-11(2,3)7-8-15-10-6-4-5-9(13-10)14-12/h4-6H,7-8,12H2,1-3H3,(H,13,14). The zero-order valence-corrected chi connectivity index (χ0v) is 9.58. The monoisotopic (exact) mass is 209 g/mol. The van der Waals surface area contributed by atoms with Crippen LogP contribution in [-0.4, -0.2) is 11.6 Å². The molecule has 15 heavy (non-hydrogen) atoms. The Hall–Kier alpha value is -1.29. The molecule has 0 aliphatic rings. The number of aromatic nitrogens is 1.